The fourth-order valence-electron chi connectivity index (χ4n) is 4.67. The zero-order valence-electron chi connectivity index (χ0n) is 18.7. The van der Waals surface area contributed by atoms with Crippen LogP contribution in [0.5, 0.6) is 5.75 Å². The highest BCUT2D eigenvalue weighted by atomic mass is 32.1. The molecule has 6 heteroatoms. The Hall–Kier alpha value is -2.05. The molecule has 2 aromatic rings. The molecule has 0 spiro atoms. The molecule has 2 aliphatic rings. The molecule has 1 saturated carbocycles. The minimum Gasteiger partial charge on any atom is -0.483 e. The Morgan fingerprint density at radius 1 is 1.23 bits per heavy atom. The molecule has 2 unspecified atom stereocenters. The smallest absolute Gasteiger partial charge is 0.348 e. The zero-order valence-corrected chi connectivity index (χ0v) is 19.5. The molecule has 0 saturated heterocycles. The van der Waals surface area contributed by atoms with E-state index < -0.39 is 11.7 Å². The summed E-state index contributed by atoms with van der Waals surface area (Å²) >= 11 is 1.38. The van der Waals surface area contributed by atoms with Crippen molar-refractivity contribution < 1.29 is 19.0 Å². The van der Waals surface area contributed by atoms with Crippen molar-refractivity contribution in [3.8, 4) is 5.75 Å². The molecule has 1 aromatic carbocycles. The van der Waals surface area contributed by atoms with E-state index in [9.17, 15) is 4.79 Å². The molecule has 4 rings (SSSR count). The maximum atomic E-state index is 12.8. The van der Waals surface area contributed by atoms with Gasteiger partial charge in [0.2, 0.25) is 0 Å². The average Bonchev–Trinajstić information content (AvgIpc) is 3.31. The van der Waals surface area contributed by atoms with Crippen LogP contribution < -0.4 is 10.1 Å². The highest BCUT2D eigenvalue weighted by Gasteiger charge is 2.47. The average molecular weight is 444 g/mol. The van der Waals surface area contributed by atoms with Gasteiger partial charge in [0.25, 0.3) is 0 Å². The second kappa shape index (κ2) is 9.61. The molecule has 1 aliphatic carbocycles. The number of nitrogens with one attached hydrogen (secondary N) is 1. The summed E-state index contributed by atoms with van der Waals surface area (Å²) in [5.41, 5.74) is 1.20. The number of carbonyl (C=O) groups excluding carboxylic acids is 1. The third-order valence-electron chi connectivity index (χ3n) is 6.44. The number of carbonyl (C=O) groups is 1. The largest absolute Gasteiger partial charge is 0.483 e. The van der Waals surface area contributed by atoms with E-state index in [0.717, 1.165) is 29.3 Å². The van der Waals surface area contributed by atoms with Gasteiger partial charge >= 0.3 is 5.97 Å². The van der Waals surface area contributed by atoms with Crippen LogP contribution >= 0.6 is 11.3 Å². The Balaban J connectivity index is 1.58. The number of ether oxygens (including phenoxy) is 3. The number of esters is 1. The van der Waals surface area contributed by atoms with E-state index in [1.807, 2.05) is 50.5 Å². The van der Waals surface area contributed by atoms with Crippen LogP contribution in [-0.4, -0.2) is 31.3 Å². The van der Waals surface area contributed by atoms with Crippen LogP contribution in [-0.2, 0) is 9.47 Å². The lowest BCUT2D eigenvalue weighted by Crippen LogP contribution is -2.51. The summed E-state index contributed by atoms with van der Waals surface area (Å²) in [6.07, 6.45) is 6.71. The van der Waals surface area contributed by atoms with Crippen LogP contribution in [0.4, 0.5) is 5.69 Å². The SMILES string of the molecule is CNc1ccc2c(c1)C(OCCC1CCCCC1)C(OC(=O)c1cccs1)C(C)(C)O2. The van der Waals surface area contributed by atoms with Gasteiger partial charge in [-0.25, -0.2) is 4.79 Å². The molecule has 1 fully saturated rings. The van der Waals surface area contributed by atoms with Crippen molar-refractivity contribution in [1.82, 2.24) is 0 Å². The number of rotatable bonds is 7. The van der Waals surface area contributed by atoms with Crippen LogP contribution in [0.25, 0.3) is 0 Å². The first-order valence-electron chi connectivity index (χ1n) is 11.3. The number of hydrogen-bond donors (Lipinski definition) is 1. The van der Waals surface area contributed by atoms with E-state index in [1.165, 1.54) is 43.4 Å². The molecule has 1 aromatic heterocycles. The highest BCUT2D eigenvalue weighted by molar-refractivity contribution is 7.11. The maximum absolute atomic E-state index is 12.8. The third-order valence-corrected chi connectivity index (χ3v) is 7.29. The van der Waals surface area contributed by atoms with Gasteiger partial charge in [0.05, 0.1) is 0 Å². The summed E-state index contributed by atoms with van der Waals surface area (Å²) in [4.78, 5) is 13.4. The van der Waals surface area contributed by atoms with Crippen molar-refractivity contribution in [2.75, 3.05) is 19.0 Å². The van der Waals surface area contributed by atoms with Crippen LogP contribution in [0.1, 0.15) is 73.7 Å². The van der Waals surface area contributed by atoms with Crippen LogP contribution in [0, 0.1) is 5.92 Å². The Kier molecular flexibility index (Phi) is 6.87. The molecule has 31 heavy (non-hydrogen) atoms. The summed E-state index contributed by atoms with van der Waals surface area (Å²) in [6, 6.07) is 9.65. The first-order chi connectivity index (χ1) is 15.0. The van der Waals surface area contributed by atoms with Crippen LogP contribution in [0.3, 0.4) is 0 Å². The number of fused-ring (bicyclic) bond motifs is 1. The van der Waals surface area contributed by atoms with E-state index in [1.54, 1.807) is 6.07 Å². The van der Waals surface area contributed by atoms with Gasteiger partial charge in [0.15, 0.2) is 6.10 Å². The van der Waals surface area contributed by atoms with Gasteiger partial charge in [0, 0.05) is 24.9 Å². The molecule has 0 amide bonds. The quantitative estimate of drug-likeness (QED) is 0.515. The van der Waals surface area contributed by atoms with Crippen molar-refractivity contribution >= 4 is 23.0 Å². The van der Waals surface area contributed by atoms with Gasteiger partial charge in [-0.2, -0.15) is 0 Å². The molecule has 5 nitrogen and oxygen atoms in total. The highest BCUT2D eigenvalue weighted by Crippen LogP contribution is 2.45. The van der Waals surface area contributed by atoms with Gasteiger partial charge in [-0.15, -0.1) is 11.3 Å². The lowest BCUT2D eigenvalue weighted by molar-refractivity contribution is -0.141. The molecule has 2 atom stereocenters. The summed E-state index contributed by atoms with van der Waals surface area (Å²) in [5.74, 6) is 1.19. The maximum Gasteiger partial charge on any atom is 0.348 e. The summed E-state index contributed by atoms with van der Waals surface area (Å²) < 4.78 is 18.8. The summed E-state index contributed by atoms with van der Waals surface area (Å²) in [5, 5.41) is 5.07. The Bertz CT molecular complexity index is 874. The first kappa shape index (κ1) is 22.2. The first-order valence-corrected chi connectivity index (χ1v) is 12.2. The third kappa shape index (κ3) is 5.07. The monoisotopic (exact) mass is 443 g/mol. The minimum absolute atomic E-state index is 0.328. The molecule has 0 bridgehead atoms. The normalized spacial score (nSPS) is 22.9. The predicted octanol–water partition coefficient (Wildman–Crippen LogP) is 6.21. The summed E-state index contributed by atoms with van der Waals surface area (Å²) in [7, 11) is 1.89. The van der Waals surface area contributed by atoms with Crippen LogP contribution in [0.15, 0.2) is 35.7 Å². The van der Waals surface area contributed by atoms with Crippen LogP contribution in [0.2, 0.25) is 0 Å². The fourth-order valence-corrected chi connectivity index (χ4v) is 5.28. The van der Waals surface area contributed by atoms with E-state index >= 15 is 0 Å². The molecule has 1 N–H and O–H groups in total. The van der Waals surface area contributed by atoms with Gasteiger partial charge < -0.3 is 19.5 Å². The minimum atomic E-state index is -0.712. The van der Waals surface area contributed by atoms with Gasteiger partial charge in [-0.1, -0.05) is 38.2 Å². The van der Waals surface area contributed by atoms with Gasteiger partial charge in [-0.3, -0.25) is 0 Å². The molecule has 0 radical (unpaired) electrons. The van der Waals surface area contributed by atoms with Crippen molar-refractivity contribution in [2.24, 2.45) is 5.92 Å². The second-order valence-corrected chi connectivity index (χ2v) is 10.0. The van der Waals surface area contributed by atoms with E-state index in [0.29, 0.717) is 11.5 Å². The topological polar surface area (TPSA) is 56.8 Å². The molecule has 168 valence electrons. The van der Waals surface area contributed by atoms with Crippen molar-refractivity contribution in [2.45, 2.75) is 70.2 Å². The van der Waals surface area contributed by atoms with Crippen molar-refractivity contribution in [3.05, 3.63) is 46.2 Å². The standard InChI is InChI=1S/C25H33NO4S/c1-25(2)23(29-24(27)21-10-7-15-31-21)22(28-14-13-17-8-5-4-6-9-17)19-16-18(26-3)11-12-20(19)30-25/h7,10-12,15-17,22-23,26H,4-6,8-9,13-14H2,1-3H3. The second-order valence-electron chi connectivity index (χ2n) is 9.10. The Morgan fingerprint density at radius 3 is 2.74 bits per heavy atom. The Morgan fingerprint density at radius 2 is 2.03 bits per heavy atom. The van der Waals surface area contributed by atoms with Crippen molar-refractivity contribution in [3.63, 3.8) is 0 Å². The fraction of sp³-hybridized carbons (Fsp3) is 0.560. The van der Waals surface area contributed by atoms with E-state index in [-0.39, 0.29) is 12.1 Å². The predicted molar refractivity (Wildman–Crippen MR) is 124 cm³/mol. The molecule has 1 aliphatic heterocycles. The van der Waals surface area contributed by atoms with Gasteiger partial charge in [-0.05, 0) is 55.8 Å². The van der Waals surface area contributed by atoms with Crippen molar-refractivity contribution in [1.29, 1.82) is 0 Å². The lowest BCUT2D eigenvalue weighted by Gasteiger charge is -2.43. The van der Waals surface area contributed by atoms with E-state index in [2.05, 4.69) is 5.32 Å². The number of benzene rings is 1. The van der Waals surface area contributed by atoms with Gasteiger partial charge in [0.1, 0.15) is 22.3 Å². The molecular weight excluding hydrogens is 410 g/mol. The number of anilines is 1. The number of hydrogen-bond acceptors (Lipinski definition) is 6. The molecular formula is C25H33NO4S. The zero-order chi connectivity index (χ0) is 21.8. The summed E-state index contributed by atoms with van der Waals surface area (Å²) in [6.45, 7) is 4.58. The lowest BCUT2D eigenvalue weighted by atomic mass is 9.86. The Labute approximate surface area is 189 Å². The number of thiophene rings is 1. The van der Waals surface area contributed by atoms with E-state index in [4.69, 9.17) is 14.2 Å². The molecule has 2 heterocycles.